The number of methoxy groups -OCH3 is 1. The van der Waals surface area contributed by atoms with Crippen molar-refractivity contribution in [2.45, 2.75) is 25.7 Å². The molecule has 6 heteroatoms. The van der Waals surface area contributed by atoms with Crippen molar-refractivity contribution in [3.05, 3.63) is 42.5 Å². The lowest BCUT2D eigenvalue weighted by Gasteiger charge is -2.25. The zero-order chi connectivity index (χ0) is 20.1. The Bertz CT molecular complexity index is 843. The number of nitrogens with zero attached hydrogens (tertiary/aromatic N) is 2. The second kappa shape index (κ2) is 9.07. The molecule has 6 nitrogen and oxygen atoms in total. The number of ether oxygens (including phenoxy) is 2. The van der Waals surface area contributed by atoms with Crippen LogP contribution in [-0.2, 0) is 4.79 Å². The van der Waals surface area contributed by atoms with E-state index < -0.39 is 0 Å². The molecule has 2 aliphatic heterocycles. The highest BCUT2D eigenvalue weighted by Crippen LogP contribution is 2.34. The molecule has 0 unspecified atom stereocenters. The van der Waals surface area contributed by atoms with Crippen molar-refractivity contribution in [2.75, 3.05) is 55.0 Å². The van der Waals surface area contributed by atoms with Crippen LogP contribution in [0.4, 0.5) is 17.1 Å². The number of anilines is 3. The van der Waals surface area contributed by atoms with Crippen LogP contribution >= 0.6 is 0 Å². The molecule has 2 saturated heterocycles. The maximum Gasteiger partial charge on any atom is 0.262 e. The number of carbonyl (C=O) groups is 1. The predicted octanol–water partition coefficient (Wildman–Crippen LogP) is 3.91. The summed E-state index contributed by atoms with van der Waals surface area (Å²) < 4.78 is 11.0. The van der Waals surface area contributed by atoms with Gasteiger partial charge in [0.05, 0.1) is 18.5 Å². The minimum absolute atomic E-state index is 0.0618. The summed E-state index contributed by atoms with van der Waals surface area (Å²) in [5.74, 6) is 1.01. The van der Waals surface area contributed by atoms with Crippen LogP contribution in [0, 0.1) is 0 Å². The van der Waals surface area contributed by atoms with E-state index in [0.717, 1.165) is 37.6 Å². The van der Waals surface area contributed by atoms with E-state index in [9.17, 15) is 4.79 Å². The quantitative estimate of drug-likeness (QED) is 0.770. The van der Waals surface area contributed by atoms with Gasteiger partial charge in [-0.3, -0.25) is 4.79 Å². The summed E-state index contributed by atoms with van der Waals surface area (Å²) in [4.78, 5) is 17.4. The Morgan fingerprint density at radius 1 is 0.931 bits per heavy atom. The Labute approximate surface area is 172 Å². The van der Waals surface area contributed by atoms with Gasteiger partial charge in [-0.2, -0.15) is 0 Å². The molecular formula is C23H29N3O3. The first-order valence-corrected chi connectivity index (χ1v) is 10.4. The van der Waals surface area contributed by atoms with E-state index in [1.165, 1.54) is 31.4 Å². The number of hydrogen-bond donors (Lipinski definition) is 1. The SMILES string of the molecule is COc1ccccc1OCC(=O)Nc1cc(N2CCCC2)ccc1N1CCCC1. The fraction of sp³-hybridized carbons (Fsp3) is 0.435. The number of hydrogen-bond acceptors (Lipinski definition) is 5. The molecule has 154 valence electrons. The molecule has 0 spiro atoms. The third kappa shape index (κ3) is 4.58. The van der Waals surface area contributed by atoms with E-state index in [0.29, 0.717) is 11.5 Å². The van der Waals surface area contributed by atoms with Crippen LogP contribution in [0.2, 0.25) is 0 Å². The zero-order valence-electron chi connectivity index (χ0n) is 17.0. The molecule has 0 bridgehead atoms. The Morgan fingerprint density at radius 3 is 2.28 bits per heavy atom. The molecule has 2 aliphatic rings. The maximum atomic E-state index is 12.7. The van der Waals surface area contributed by atoms with Gasteiger partial charge in [0, 0.05) is 31.9 Å². The summed E-state index contributed by atoms with van der Waals surface area (Å²) in [5, 5.41) is 3.09. The molecule has 4 rings (SSSR count). The summed E-state index contributed by atoms with van der Waals surface area (Å²) >= 11 is 0. The predicted molar refractivity (Wildman–Crippen MR) is 116 cm³/mol. The van der Waals surface area contributed by atoms with Crippen LogP contribution in [0.1, 0.15) is 25.7 Å². The third-order valence-electron chi connectivity index (χ3n) is 5.60. The molecule has 2 heterocycles. The van der Waals surface area contributed by atoms with Crippen molar-refractivity contribution in [1.29, 1.82) is 0 Å². The first-order chi connectivity index (χ1) is 14.2. The maximum absolute atomic E-state index is 12.7. The van der Waals surface area contributed by atoms with Gasteiger partial charge in [-0.05, 0) is 56.0 Å². The van der Waals surface area contributed by atoms with Gasteiger partial charge in [-0.1, -0.05) is 12.1 Å². The van der Waals surface area contributed by atoms with Crippen LogP contribution < -0.4 is 24.6 Å². The normalized spacial score (nSPS) is 16.2. The van der Waals surface area contributed by atoms with E-state index in [4.69, 9.17) is 9.47 Å². The summed E-state index contributed by atoms with van der Waals surface area (Å²) in [5.41, 5.74) is 3.13. The van der Waals surface area contributed by atoms with Crippen LogP contribution in [0.3, 0.4) is 0 Å². The van der Waals surface area contributed by atoms with Gasteiger partial charge in [0.15, 0.2) is 18.1 Å². The van der Waals surface area contributed by atoms with E-state index in [1.54, 1.807) is 13.2 Å². The van der Waals surface area contributed by atoms with Gasteiger partial charge in [0.2, 0.25) is 0 Å². The van der Waals surface area contributed by atoms with Crippen molar-refractivity contribution in [1.82, 2.24) is 0 Å². The van der Waals surface area contributed by atoms with Gasteiger partial charge in [0.25, 0.3) is 5.91 Å². The molecule has 0 aromatic heterocycles. The zero-order valence-corrected chi connectivity index (χ0v) is 17.0. The highest BCUT2D eigenvalue weighted by Gasteiger charge is 2.20. The van der Waals surface area contributed by atoms with Gasteiger partial charge >= 0.3 is 0 Å². The van der Waals surface area contributed by atoms with Crippen molar-refractivity contribution >= 4 is 23.0 Å². The highest BCUT2D eigenvalue weighted by molar-refractivity contribution is 5.96. The second-order valence-corrected chi connectivity index (χ2v) is 7.58. The highest BCUT2D eigenvalue weighted by atomic mass is 16.5. The molecule has 2 aromatic carbocycles. The van der Waals surface area contributed by atoms with E-state index in [1.807, 2.05) is 18.2 Å². The van der Waals surface area contributed by atoms with E-state index in [-0.39, 0.29) is 12.5 Å². The van der Waals surface area contributed by atoms with Gasteiger partial charge in [-0.15, -0.1) is 0 Å². The molecule has 29 heavy (non-hydrogen) atoms. The monoisotopic (exact) mass is 395 g/mol. The number of amides is 1. The lowest BCUT2D eigenvalue weighted by Crippen LogP contribution is -2.25. The Hall–Kier alpha value is -2.89. The summed E-state index contributed by atoms with van der Waals surface area (Å²) in [6.45, 7) is 4.15. The lowest BCUT2D eigenvalue weighted by molar-refractivity contribution is -0.118. The Kier molecular flexibility index (Phi) is 6.08. The molecule has 0 saturated carbocycles. The first kappa shape index (κ1) is 19.4. The summed E-state index contributed by atoms with van der Waals surface area (Å²) in [6, 6.07) is 13.8. The topological polar surface area (TPSA) is 54.0 Å². The van der Waals surface area contributed by atoms with E-state index in [2.05, 4.69) is 33.3 Å². The molecule has 0 radical (unpaired) electrons. The van der Waals surface area contributed by atoms with Crippen LogP contribution in [0.15, 0.2) is 42.5 Å². The third-order valence-corrected chi connectivity index (χ3v) is 5.60. The van der Waals surface area contributed by atoms with Crippen LogP contribution in [0.25, 0.3) is 0 Å². The number of nitrogens with one attached hydrogen (secondary N) is 1. The van der Waals surface area contributed by atoms with E-state index >= 15 is 0 Å². The van der Waals surface area contributed by atoms with Crippen molar-refractivity contribution in [3.8, 4) is 11.5 Å². The minimum Gasteiger partial charge on any atom is -0.493 e. The lowest BCUT2D eigenvalue weighted by atomic mass is 10.2. The first-order valence-electron chi connectivity index (χ1n) is 10.4. The molecule has 1 amide bonds. The number of carbonyl (C=O) groups excluding carboxylic acids is 1. The van der Waals surface area contributed by atoms with Gasteiger partial charge in [0.1, 0.15) is 0 Å². The van der Waals surface area contributed by atoms with Crippen LogP contribution in [-0.4, -0.2) is 45.8 Å². The van der Waals surface area contributed by atoms with Gasteiger partial charge in [-0.25, -0.2) is 0 Å². The molecule has 2 fully saturated rings. The molecule has 0 aliphatic carbocycles. The second-order valence-electron chi connectivity index (χ2n) is 7.58. The number of benzene rings is 2. The minimum atomic E-state index is -0.171. The number of rotatable bonds is 7. The Balaban J connectivity index is 1.49. The average molecular weight is 396 g/mol. The number of para-hydroxylation sites is 2. The average Bonchev–Trinajstić information content (AvgIpc) is 3.46. The van der Waals surface area contributed by atoms with Crippen molar-refractivity contribution < 1.29 is 14.3 Å². The fourth-order valence-electron chi connectivity index (χ4n) is 4.10. The van der Waals surface area contributed by atoms with Crippen molar-refractivity contribution in [2.24, 2.45) is 0 Å². The summed E-state index contributed by atoms with van der Waals surface area (Å²) in [7, 11) is 1.59. The largest absolute Gasteiger partial charge is 0.493 e. The summed E-state index contributed by atoms with van der Waals surface area (Å²) in [6.07, 6.45) is 4.83. The molecule has 2 aromatic rings. The molecule has 1 N–H and O–H groups in total. The smallest absolute Gasteiger partial charge is 0.262 e. The van der Waals surface area contributed by atoms with Crippen LogP contribution in [0.5, 0.6) is 11.5 Å². The molecule has 0 atom stereocenters. The molecular weight excluding hydrogens is 366 g/mol. The van der Waals surface area contributed by atoms with Crippen molar-refractivity contribution in [3.63, 3.8) is 0 Å². The Morgan fingerprint density at radius 2 is 1.59 bits per heavy atom. The standard InChI is InChI=1S/C23H29N3O3/c1-28-21-8-2-3-9-22(21)29-17-23(27)24-19-16-18(25-12-4-5-13-25)10-11-20(19)26-14-6-7-15-26/h2-3,8-11,16H,4-7,12-15,17H2,1H3,(H,24,27). The van der Waals surface area contributed by atoms with Gasteiger partial charge < -0.3 is 24.6 Å². The fourth-order valence-corrected chi connectivity index (χ4v) is 4.10.